The molecule has 4 nitrogen and oxygen atoms in total. The molecule has 0 bridgehead atoms. The number of methoxy groups -OCH3 is 1. The van der Waals surface area contributed by atoms with Crippen molar-refractivity contribution in [2.24, 2.45) is 0 Å². The van der Waals surface area contributed by atoms with Gasteiger partial charge < -0.3 is 4.74 Å². The maximum absolute atomic E-state index is 11.3. The molecule has 0 saturated carbocycles. The molecule has 0 aliphatic rings. The van der Waals surface area contributed by atoms with Gasteiger partial charge in [0.15, 0.2) is 0 Å². The molecule has 4 heteroatoms. The zero-order valence-corrected chi connectivity index (χ0v) is 11.0. The van der Waals surface area contributed by atoms with E-state index < -0.39 is 0 Å². The molecular weight excluding hydrogens is 228 g/mol. The molecule has 1 atom stereocenters. The monoisotopic (exact) mass is 246 g/mol. The molecule has 0 aromatic heterocycles. The van der Waals surface area contributed by atoms with Crippen LogP contribution < -0.4 is 0 Å². The molecule has 0 saturated heterocycles. The molecule has 0 radical (unpaired) electrons. The third-order valence-corrected chi connectivity index (χ3v) is 2.95. The average molecular weight is 246 g/mol. The molecular formula is C14H18N2O2. The van der Waals surface area contributed by atoms with E-state index in [9.17, 15) is 10.1 Å². The molecule has 0 aliphatic carbocycles. The van der Waals surface area contributed by atoms with Crippen LogP contribution in [0.15, 0.2) is 24.3 Å². The smallest absolute Gasteiger partial charge is 0.337 e. The van der Waals surface area contributed by atoms with Gasteiger partial charge in [-0.05, 0) is 30.8 Å². The third kappa shape index (κ3) is 3.08. The van der Waals surface area contributed by atoms with E-state index in [-0.39, 0.29) is 12.0 Å². The summed E-state index contributed by atoms with van der Waals surface area (Å²) in [6.45, 7) is 5.67. The standard InChI is InChI=1S/C14H18N2O2/c1-4-16(5-2)13(10-15)11-6-8-12(9-7-11)14(17)18-3/h6-9,13H,4-5H2,1-3H3. The van der Waals surface area contributed by atoms with Crippen LogP contribution in [0.5, 0.6) is 0 Å². The van der Waals surface area contributed by atoms with E-state index in [0.717, 1.165) is 18.7 Å². The molecule has 0 amide bonds. The van der Waals surface area contributed by atoms with Crippen molar-refractivity contribution in [3.8, 4) is 6.07 Å². The summed E-state index contributed by atoms with van der Waals surface area (Å²) in [6.07, 6.45) is 0. The van der Waals surface area contributed by atoms with E-state index in [4.69, 9.17) is 0 Å². The summed E-state index contributed by atoms with van der Waals surface area (Å²) in [5.41, 5.74) is 1.39. The molecule has 0 fully saturated rings. The van der Waals surface area contributed by atoms with Gasteiger partial charge in [0.1, 0.15) is 6.04 Å². The number of carbonyl (C=O) groups is 1. The number of hydrogen-bond acceptors (Lipinski definition) is 4. The number of ether oxygens (including phenoxy) is 1. The Morgan fingerprint density at radius 1 is 1.33 bits per heavy atom. The normalized spacial score (nSPS) is 11.9. The predicted molar refractivity (Wildman–Crippen MR) is 69.1 cm³/mol. The van der Waals surface area contributed by atoms with Crippen molar-refractivity contribution >= 4 is 5.97 Å². The van der Waals surface area contributed by atoms with Gasteiger partial charge in [0.2, 0.25) is 0 Å². The Labute approximate surface area is 108 Å². The minimum Gasteiger partial charge on any atom is -0.465 e. The fourth-order valence-corrected chi connectivity index (χ4v) is 1.88. The SMILES string of the molecule is CCN(CC)C(C#N)c1ccc(C(=O)OC)cc1. The van der Waals surface area contributed by atoms with Crippen LogP contribution in [-0.2, 0) is 4.74 Å². The third-order valence-electron chi connectivity index (χ3n) is 2.95. The number of esters is 1. The number of nitrogens with zero attached hydrogens (tertiary/aromatic N) is 2. The van der Waals surface area contributed by atoms with Crippen LogP contribution in [0.3, 0.4) is 0 Å². The first kappa shape index (κ1) is 14.2. The van der Waals surface area contributed by atoms with E-state index in [2.05, 4.69) is 15.7 Å². The van der Waals surface area contributed by atoms with Crippen LogP contribution in [0.2, 0.25) is 0 Å². The van der Waals surface area contributed by atoms with E-state index in [1.165, 1.54) is 7.11 Å². The van der Waals surface area contributed by atoms with Gasteiger partial charge in [-0.3, -0.25) is 4.90 Å². The topological polar surface area (TPSA) is 53.3 Å². The summed E-state index contributed by atoms with van der Waals surface area (Å²) in [4.78, 5) is 13.4. The van der Waals surface area contributed by atoms with Crippen LogP contribution in [0.25, 0.3) is 0 Å². The summed E-state index contributed by atoms with van der Waals surface area (Å²) in [5, 5.41) is 9.25. The van der Waals surface area contributed by atoms with Gasteiger partial charge in [-0.15, -0.1) is 0 Å². The van der Waals surface area contributed by atoms with Crippen molar-refractivity contribution in [3.63, 3.8) is 0 Å². The summed E-state index contributed by atoms with van der Waals surface area (Å²) >= 11 is 0. The molecule has 18 heavy (non-hydrogen) atoms. The molecule has 1 aromatic carbocycles. The van der Waals surface area contributed by atoms with Crippen molar-refractivity contribution < 1.29 is 9.53 Å². The zero-order valence-electron chi connectivity index (χ0n) is 11.0. The van der Waals surface area contributed by atoms with Crippen LogP contribution >= 0.6 is 0 Å². The highest BCUT2D eigenvalue weighted by molar-refractivity contribution is 5.89. The minimum absolute atomic E-state index is 0.272. The second kappa shape index (κ2) is 6.77. The number of hydrogen-bond donors (Lipinski definition) is 0. The number of nitriles is 1. The van der Waals surface area contributed by atoms with Gasteiger partial charge in [0.05, 0.1) is 18.7 Å². The van der Waals surface area contributed by atoms with Gasteiger partial charge >= 0.3 is 5.97 Å². The highest BCUT2D eigenvalue weighted by Gasteiger charge is 2.17. The second-order valence-corrected chi connectivity index (χ2v) is 3.87. The molecule has 1 rings (SSSR count). The predicted octanol–water partition coefficient (Wildman–Crippen LogP) is 2.38. The van der Waals surface area contributed by atoms with Crippen molar-refractivity contribution in [2.45, 2.75) is 19.9 Å². The van der Waals surface area contributed by atoms with E-state index in [0.29, 0.717) is 5.56 Å². The molecule has 0 aliphatic heterocycles. The van der Waals surface area contributed by atoms with Crippen LogP contribution in [-0.4, -0.2) is 31.1 Å². The summed E-state index contributed by atoms with van der Waals surface area (Å²) < 4.78 is 4.64. The fraction of sp³-hybridized carbons (Fsp3) is 0.429. The largest absolute Gasteiger partial charge is 0.465 e. The first-order chi connectivity index (χ1) is 8.67. The highest BCUT2D eigenvalue weighted by Crippen LogP contribution is 2.20. The maximum atomic E-state index is 11.3. The van der Waals surface area contributed by atoms with Crippen molar-refractivity contribution in [2.75, 3.05) is 20.2 Å². The molecule has 1 unspecified atom stereocenters. The van der Waals surface area contributed by atoms with Crippen LogP contribution in [0, 0.1) is 11.3 Å². The lowest BCUT2D eigenvalue weighted by Gasteiger charge is -2.24. The molecule has 0 heterocycles. The molecule has 0 N–H and O–H groups in total. The molecule has 0 spiro atoms. The Hall–Kier alpha value is -1.86. The maximum Gasteiger partial charge on any atom is 0.337 e. The Bertz CT molecular complexity index is 430. The van der Waals surface area contributed by atoms with E-state index >= 15 is 0 Å². The zero-order chi connectivity index (χ0) is 13.5. The Morgan fingerprint density at radius 2 is 1.89 bits per heavy atom. The van der Waals surface area contributed by atoms with Gasteiger partial charge in [0.25, 0.3) is 0 Å². The lowest BCUT2D eigenvalue weighted by Crippen LogP contribution is -2.27. The van der Waals surface area contributed by atoms with Crippen molar-refractivity contribution in [3.05, 3.63) is 35.4 Å². The first-order valence-corrected chi connectivity index (χ1v) is 5.99. The second-order valence-electron chi connectivity index (χ2n) is 3.87. The number of benzene rings is 1. The number of rotatable bonds is 5. The van der Waals surface area contributed by atoms with Gasteiger partial charge in [-0.1, -0.05) is 26.0 Å². The number of carbonyl (C=O) groups excluding carboxylic acids is 1. The van der Waals surface area contributed by atoms with Gasteiger partial charge in [-0.25, -0.2) is 4.79 Å². The van der Waals surface area contributed by atoms with E-state index in [1.807, 2.05) is 13.8 Å². The van der Waals surface area contributed by atoms with Crippen LogP contribution in [0.4, 0.5) is 0 Å². The van der Waals surface area contributed by atoms with Gasteiger partial charge in [0, 0.05) is 0 Å². The fourth-order valence-electron chi connectivity index (χ4n) is 1.88. The minimum atomic E-state index is -0.363. The quantitative estimate of drug-likeness (QED) is 0.748. The lowest BCUT2D eigenvalue weighted by molar-refractivity contribution is 0.0600. The Balaban J connectivity index is 2.96. The molecule has 96 valence electrons. The lowest BCUT2D eigenvalue weighted by atomic mass is 10.0. The summed E-state index contributed by atoms with van der Waals surface area (Å²) in [7, 11) is 1.35. The van der Waals surface area contributed by atoms with Crippen molar-refractivity contribution in [1.82, 2.24) is 4.90 Å². The summed E-state index contributed by atoms with van der Waals surface area (Å²) in [5.74, 6) is -0.363. The summed E-state index contributed by atoms with van der Waals surface area (Å²) in [6, 6.07) is 9.01. The van der Waals surface area contributed by atoms with Gasteiger partial charge in [-0.2, -0.15) is 5.26 Å². The van der Waals surface area contributed by atoms with Crippen LogP contribution in [0.1, 0.15) is 35.8 Å². The Kier molecular flexibility index (Phi) is 5.34. The Morgan fingerprint density at radius 3 is 2.28 bits per heavy atom. The first-order valence-electron chi connectivity index (χ1n) is 5.99. The molecule has 1 aromatic rings. The van der Waals surface area contributed by atoms with Crippen molar-refractivity contribution in [1.29, 1.82) is 5.26 Å². The highest BCUT2D eigenvalue weighted by atomic mass is 16.5. The van der Waals surface area contributed by atoms with E-state index in [1.54, 1.807) is 24.3 Å². The average Bonchev–Trinajstić information content (AvgIpc) is 2.44.